The molecule has 1 aliphatic rings. The van der Waals surface area contributed by atoms with Crippen molar-refractivity contribution in [3.63, 3.8) is 0 Å². The summed E-state index contributed by atoms with van der Waals surface area (Å²) in [5.41, 5.74) is 1.74. The second-order valence-electron chi connectivity index (χ2n) is 6.57. The molecule has 1 atom stereocenters. The molecular formula is C17H26N2O3S. The highest BCUT2D eigenvalue weighted by Gasteiger charge is 2.17. The van der Waals surface area contributed by atoms with Gasteiger partial charge in [-0.2, -0.15) is 0 Å². The largest absolute Gasteiger partial charge is 0.334 e. The molecule has 1 saturated heterocycles. The number of sulfone groups is 1. The first-order valence-corrected chi connectivity index (χ1v) is 10.2. The van der Waals surface area contributed by atoms with Gasteiger partial charge in [-0.05, 0) is 36.3 Å². The third kappa shape index (κ3) is 6.22. The highest BCUT2D eigenvalue weighted by atomic mass is 32.2. The van der Waals surface area contributed by atoms with E-state index in [2.05, 4.69) is 12.2 Å². The summed E-state index contributed by atoms with van der Waals surface area (Å²) >= 11 is 0. The topological polar surface area (TPSA) is 66.5 Å². The summed E-state index contributed by atoms with van der Waals surface area (Å²) in [7, 11) is -3.01. The van der Waals surface area contributed by atoms with Crippen molar-refractivity contribution in [1.82, 2.24) is 10.2 Å². The SMILES string of the molecule is CC1CCCN(C(=O)NCc2ccc(CS(C)(=O)=O)cc2)CC1. The number of carbonyl (C=O) groups is 1. The van der Waals surface area contributed by atoms with E-state index in [0.29, 0.717) is 12.5 Å². The smallest absolute Gasteiger partial charge is 0.317 e. The molecule has 0 aliphatic carbocycles. The van der Waals surface area contributed by atoms with Crippen LogP contribution in [0.1, 0.15) is 37.3 Å². The summed E-state index contributed by atoms with van der Waals surface area (Å²) in [4.78, 5) is 14.1. The second kappa shape index (κ2) is 7.81. The van der Waals surface area contributed by atoms with Crippen molar-refractivity contribution in [2.45, 2.75) is 38.5 Å². The number of nitrogens with one attached hydrogen (secondary N) is 1. The average molecular weight is 338 g/mol. The Morgan fingerprint density at radius 2 is 1.83 bits per heavy atom. The molecule has 0 spiro atoms. The van der Waals surface area contributed by atoms with Crippen LogP contribution in [0.3, 0.4) is 0 Å². The van der Waals surface area contributed by atoms with Gasteiger partial charge in [0, 0.05) is 25.9 Å². The Hall–Kier alpha value is -1.56. The van der Waals surface area contributed by atoms with Crippen LogP contribution in [0.4, 0.5) is 4.79 Å². The second-order valence-corrected chi connectivity index (χ2v) is 8.71. The maximum atomic E-state index is 12.2. The fraction of sp³-hybridized carbons (Fsp3) is 0.588. The quantitative estimate of drug-likeness (QED) is 0.917. The first-order valence-electron chi connectivity index (χ1n) is 8.12. The van der Waals surface area contributed by atoms with Gasteiger partial charge in [0.15, 0.2) is 9.84 Å². The van der Waals surface area contributed by atoms with E-state index in [1.807, 2.05) is 17.0 Å². The highest BCUT2D eigenvalue weighted by molar-refractivity contribution is 7.89. The molecule has 5 nitrogen and oxygen atoms in total. The normalized spacial score (nSPS) is 19.2. The Kier molecular flexibility index (Phi) is 6.04. The Morgan fingerprint density at radius 3 is 2.48 bits per heavy atom. The van der Waals surface area contributed by atoms with E-state index in [1.54, 1.807) is 12.1 Å². The fourth-order valence-corrected chi connectivity index (χ4v) is 3.61. The summed E-state index contributed by atoms with van der Waals surface area (Å²) in [6.45, 7) is 4.34. The number of urea groups is 1. The van der Waals surface area contributed by atoms with E-state index in [-0.39, 0.29) is 11.8 Å². The minimum atomic E-state index is -3.01. The molecule has 1 unspecified atom stereocenters. The molecule has 2 rings (SSSR count). The first-order chi connectivity index (χ1) is 10.8. The molecule has 0 radical (unpaired) electrons. The number of hydrogen-bond acceptors (Lipinski definition) is 3. The summed E-state index contributed by atoms with van der Waals surface area (Å²) in [6.07, 6.45) is 4.54. The molecular weight excluding hydrogens is 312 g/mol. The van der Waals surface area contributed by atoms with Crippen LogP contribution in [0.2, 0.25) is 0 Å². The lowest BCUT2D eigenvalue weighted by Crippen LogP contribution is -2.40. The van der Waals surface area contributed by atoms with Gasteiger partial charge >= 0.3 is 6.03 Å². The van der Waals surface area contributed by atoms with Crippen LogP contribution in [0.5, 0.6) is 0 Å². The zero-order valence-corrected chi connectivity index (χ0v) is 14.7. The van der Waals surface area contributed by atoms with Gasteiger partial charge in [0.1, 0.15) is 0 Å². The van der Waals surface area contributed by atoms with Gasteiger partial charge in [0.2, 0.25) is 0 Å². The number of amides is 2. The first kappa shape index (κ1) is 17.8. The molecule has 0 bridgehead atoms. The van der Waals surface area contributed by atoms with E-state index in [1.165, 1.54) is 12.7 Å². The summed E-state index contributed by atoms with van der Waals surface area (Å²) in [6, 6.07) is 7.32. The number of rotatable bonds is 4. The highest BCUT2D eigenvalue weighted by Crippen LogP contribution is 2.16. The molecule has 6 heteroatoms. The molecule has 1 N–H and O–H groups in total. The molecule has 1 aliphatic heterocycles. The molecule has 128 valence electrons. The van der Waals surface area contributed by atoms with E-state index in [9.17, 15) is 13.2 Å². The van der Waals surface area contributed by atoms with Crippen molar-refractivity contribution in [1.29, 1.82) is 0 Å². The van der Waals surface area contributed by atoms with Gasteiger partial charge in [-0.15, -0.1) is 0 Å². The van der Waals surface area contributed by atoms with Crippen LogP contribution >= 0.6 is 0 Å². The van der Waals surface area contributed by atoms with Crippen LogP contribution in [0.15, 0.2) is 24.3 Å². The van der Waals surface area contributed by atoms with E-state index >= 15 is 0 Å². The molecule has 1 fully saturated rings. The van der Waals surface area contributed by atoms with Crippen molar-refractivity contribution >= 4 is 15.9 Å². The van der Waals surface area contributed by atoms with Crippen LogP contribution in [0, 0.1) is 5.92 Å². The minimum absolute atomic E-state index is 0.0145. The van der Waals surface area contributed by atoms with Gasteiger partial charge in [-0.3, -0.25) is 0 Å². The Morgan fingerprint density at radius 1 is 1.17 bits per heavy atom. The number of carbonyl (C=O) groups excluding carboxylic acids is 1. The molecule has 23 heavy (non-hydrogen) atoms. The Bertz CT molecular complexity index is 626. The Balaban J connectivity index is 1.84. The van der Waals surface area contributed by atoms with Crippen molar-refractivity contribution in [2.24, 2.45) is 5.92 Å². The minimum Gasteiger partial charge on any atom is -0.334 e. The molecule has 2 amide bonds. The number of benzene rings is 1. The predicted molar refractivity (Wildman–Crippen MR) is 91.8 cm³/mol. The van der Waals surface area contributed by atoms with Crippen LogP contribution in [-0.4, -0.2) is 38.7 Å². The molecule has 1 aromatic rings. The molecule has 0 saturated carbocycles. The number of hydrogen-bond donors (Lipinski definition) is 1. The Labute approximate surface area is 139 Å². The zero-order chi connectivity index (χ0) is 16.9. The van der Waals surface area contributed by atoms with Crippen LogP contribution in [0.25, 0.3) is 0 Å². The third-order valence-electron chi connectivity index (χ3n) is 4.20. The average Bonchev–Trinajstić information content (AvgIpc) is 2.69. The molecule has 0 aromatic heterocycles. The fourth-order valence-electron chi connectivity index (χ4n) is 2.81. The standard InChI is InChI=1S/C17H26N2O3S/c1-14-4-3-10-19(11-9-14)17(20)18-12-15-5-7-16(8-6-15)13-23(2,21)22/h5-8,14H,3-4,9-13H2,1-2H3,(H,18,20). The lowest BCUT2D eigenvalue weighted by atomic mass is 10.0. The lowest BCUT2D eigenvalue weighted by molar-refractivity contribution is 0.199. The van der Waals surface area contributed by atoms with E-state index < -0.39 is 9.84 Å². The van der Waals surface area contributed by atoms with Gasteiger partial charge < -0.3 is 10.2 Å². The van der Waals surface area contributed by atoms with E-state index in [4.69, 9.17) is 0 Å². The maximum absolute atomic E-state index is 12.2. The molecule has 1 aromatic carbocycles. The monoisotopic (exact) mass is 338 g/mol. The van der Waals surface area contributed by atoms with Gasteiger partial charge in [-0.25, -0.2) is 13.2 Å². The number of nitrogens with zero attached hydrogens (tertiary/aromatic N) is 1. The van der Waals surface area contributed by atoms with E-state index in [0.717, 1.165) is 37.1 Å². The van der Waals surface area contributed by atoms with Gasteiger partial charge in [0.25, 0.3) is 0 Å². The molecule has 1 heterocycles. The van der Waals surface area contributed by atoms with Crippen molar-refractivity contribution < 1.29 is 13.2 Å². The maximum Gasteiger partial charge on any atom is 0.317 e. The summed E-state index contributed by atoms with van der Waals surface area (Å²) in [5, 5.41) is 2.95. The third-order valence-corrected chi connectivity index (χ3v) is 5.06. The lowest BCUT2D eigenvalue weighted by Gasteiger charge is -2.21. The van der Waals surface area contributed by atoms with Crippen molar-refractivity contribution in [2.75, 3.05) is 19.3 Å². The zero-order valence-electron chi connectivity index (χ0n) is 13.9. The van der Waals surface area contributed by atoms with Crippen molar-refractivity contribution in [3.8, 4) is 0 Å². The summed E-state index contributed by atoms with van der Waals surface area (Å²) < 4.78 is 22.5. The number of likely N-dealkylation sites (tertiary alicyclic amines) is 1. The van der Waals surface area contributed by atoms with Crippen LogP contribution < -0.4 is 5.32 Å². The predicted octanol–water partition coefficient (Wildman–Crippen LogP) is 2.56. The van der Waals surface area contributed by atoms with Gasteiger partial charge in [-0.1, -0.05) is 31.2 Å². The summed E-state index contributed by atoms with van der Waals surface area (Å²) in [5.74, 6) is 0.737. The van der Waals surface area contributed by atoms with Crippen LogP contribution in [-0.2, 0) is 22.1 Å². The van der Waals surface area contributed by atoms with Crippen molar-refractivity contribution in [3.05, 3.63) is 35.4 Å². The van der Waals surface area contributed by atoms with Gasteiger partial charge in [0.05, 0.1) is 5.75 Å².